The number of hydrogen-bond acceptors (Lipinski definition) is 5. The predicted octanol–water partition coefficient (Wildman–Crippen LogP) is 3.10. The van der Waals surface area contributed by atoms with Gasteiger partial charge in [-0.15, -0.1) is 0 Å². The van der Waals surface area contributed by atoms with E-state index in [1.807, 2.05) is 24.6 Å². The number of aromatic nitrogens is 3. The summed E-state index contributed by atoms with van der Waals surface area (Å²) in [5, 5.41) is 8.19. The normalized spacial score (nSPS) is 15.3. The molecule has 0 atom stereocenters. The Bertz CT molecular complexity index is 985. The zero-order chi connectivity index (χ0) is 19.7. The minimum atomic E-state index is -0.130. The Morgan fingerprint density at radius 1 is 1.25 bits per heavy atom. The fourth-order valence-electron chi connectivity index (χ4n) is 3.53. The van der Waals surface area contributed by atoms with Crippen LogP contribution in [0.1, 0.15) is 43.3 Å². The van der Waals surface area contributed by atoms with Gasteiger partial charge in [0, 0.05) is 30.4 Å². The average molecular weight is 381 g/mol. The highest BCUT2D eigenvalue weighted by atomic mass is 16.3. The molecule has 0 radical (unpaired) electrons. The second-order valence-corrected chi connectivity index (χ2v) is 7.35. The maximum Gasteiger partial charge on any atom is 0.289 e. The van der Waals surface area contributed by atoms with E-state index in [1.165, 1.54) is 6.26 Å². The summed E-state index contributed by atoms with van der Waals surface area (Å²) >= 11 is 0. The molecule has 1 fully saturated rings. The molecule has 1 aliphatic rings. The average Bonchev–Trinajstić information content (AvgIpc) is 3.37. The summed E-state index contributed by atoms with van der Waals surface area (Å²) in [7, 11) is 0. The third kappa shape index (κ3) is 3.49. The van der Waals surface area contributed by atoms with Gasteiger partial charge in [-0.2, -0.15) is 5.10 Å². The van der Waals surface area contributed by atoms with Crippen molar-refractivity contribution in [3.05, 3.63) is 42.6 Å². The Balaban J connectivity index is 1.37. The van der Waals surface area contributed by atoms with Crippen LogP contribution >= 0.6 is 0 Å². The number of rotatable bonds is 4. The second-order valence-electron chi connectivity index (χ2n) is 7.35. The lowest BCUT2D eigenvalue weighted by Gasteiger charge is -2.30. The van der Waals surface area contributed by atoms with Crippen LogP contribution in [-0.4, -0.2) is 44.6 Å². The number of hydrogen-bond donors (Lipinski definition) is 1. The van der Waals surface area contributed by atoms with Gasteiger partial charge in [0.2, 0.25) is 5.91 Å². The zero-order valence-corrected chi connectivity index (χ0v) is 16.0. The van der Waals surface area contributed by atoms with E-state index < -0.39 is 0 Å². The molecular formula is C20H23N5O3. The molecule has 0 saturated carbocycles. The number of fused-ring (bicyclic) bond motifs is 1. The van der Waals surface area contributed by atoms with Crippen molar-refractivity contribution < 1.29 is 14.0 Å². The maximum absolute atomic E-state index is 12.6. The van der Waals surface area contributed by atoms with Crippen LogP contribution in [0.15, 0.2) is 41.3 Å². The number of carbonyl (C=O) groups excluding carboxylic acids is 2. The first-order valence-corrected chi connectivity index (χ1v) is 9.50. The molecule has 3 aromatic rings. The molecule has 2 amide bonds. The number of piperidine rings is 1. The van der Waals surface area contributed by atoms with Gasteiger partial charge in [0.15, 0.2) is 11.4 Å². The Morgan fingerprint density at radius 2 is 2.04 bits per heavy atom. The quantitative estimate of drug-likeness (QED) is 0.749. The summed E-state index contributed by atoms with van der Waals surface area (Å²) < 4.78 is 7.02. The lowest BCUT2D eigenvalue weighted by Crippen LogP contribution is -2.41. The van der Waals surface area contributed by atoms with Crippen molar-refractivity contribution in [1.82, 2.24) is 19.7 Å². The number of likely N-dealkylation sites (tertiary alicyclic amines) is 1. The van der Waals surface area contributed by atoms with E-state index in [1.54, 1.807) is 29.4 Å². The lowest BCUT2D eigenvalue weighted by atomic mass is 9.95. The second kappa shape index (κ2) is 7.46. The first-order chi connectivity index (χ1) is 13.5. The number of furan rings is 1. The minimum Gasteiger partial charge on any atom is -0.459 e. The molecule has 0 aliphatic carbocycles. The first-order valence-electron chi connectivity index (χ1n) is 9.50. The highest BCUT2D eigenvalue weighted by Crippen LogP contribution is 2.23. The van der Waals surface area contributed by atoms with E-state index in [-0.39, 0.29) is 23.8 Å². The molecule has 0 bridgehead atoms. The van der Waals surface area contributed by atoms with Crippen molar-refractivity contribution in [3.63, 3.8) is 0 Å². The summed E-state index contributed by atoms with van der Waals surface area (Å²) in [6.45, 7) is 5.17. The van der Waals surface area contributed by atoms with Crippen molar-refractivity contribution in [1.29, 1.82) is 0 Å². The van der Waals surface area contributed by atoms with Gasteiger partial charge in [-0.05, 0) is 44.9 Å². The molecule has 3 aromatic heterocycles. The van der Waals surface area contributed by atoms with Crippen LogP contribution in [0.2, 0.25) is 0 Å². The molecule has 8 heteroatoms. The predicted molar refractivity (Wildman–Crippen MR) is 104 cm³/mol. The van der Waals surface area contributed by atoms with Crippen molar-refractivity contribution >= 4 is 28.5 Å². The maximum atomic E-state index is 12.6. The third-order valence-corrected chi connectivity index (χ3v) is 5.07. The summed E-state index contributed by atoms with van der Waals surface area (Å²) in [5.74, 6) is 0.0436. The van der Waals surface area contributed by atoms with E-state index in [4.69, 9.17) is 4.42 Å². The summed E-state index contributed by atoms with van der Waals surface area (Å²) in [5.41, 5.74) is 1.47. The molecule has 1 aliphatic heterocycles. The van der Waals surface area contributed by atoms with Crippen LogP contribution in [0.4, 0.5) is 5.69 Å². The SMILES string of the molecule is CC(C)n1ncc2cc(NC(=O)C3CCN(C(=O)c4ccco4)CC3)cnc21. The van der Waals surface area contributed by atoms with Crippen molar-refractivity contribution in [3.8, 4) is 0 Å². The smallest absolute Gasteiger partial charge is 0.289 e. The monoisotopic (exact) mass is 381 g/mol. The molecule has 0 spiro atoms. The molecular weight excluding hydrogens is 358 g/mol. The molecule has 0 aromatic carbocycles. The van der Waals surface area contributed by atoms with Crippen LogP contribution < -0.4 is 5.32 Å². The van der Waals surface area contributed by atoms with Crippen molar-refractivity contribution in [2.45, 2.75) is 32.7 Å². The Morgan fingerprint density at radius 3 is 2.71 bits per heavy atom. The van der Waals surface area contributed by atoms with Crippen LogP contribution in [0.5, 0.6) is 0 Å². The van der Waals surface area contributed by atoms with Gasteiger partial charge in [-0.25, -0.2) is 9.67 Å². The van der Waals surface area contributed by atoms with Gasteiger partial charge >= 0.3 is 0 Å². The van der Waals surface area contributed by atoms with Crippen molar-refractivity contribution in [2.75, 3.05) is 18.4 Å². The zero-order valence-electron chi connectivity index (χ0n) is 16.0. The third-order valence-electron chi connectivity index (χ3n) is 5.07. The van der Waals surface area contributed by atoms with E-state index in [2.05, 4.69) is 15.4 Å². The highest BCUT2D eigenvalue weighted by Gasteiger charge is 2.28. The number of pyridine rings is 1. The molecule has 4 rings (SSSR count). The fourth-order valence-corrected chi connectivity index (χ4v) is 3.53. The number of carbonyl (C=O) groups is 2. The van der Waals surface area contributed by atoms with Crippen LogP contribution in [0, 0.1) is 5.92 Å². The Hall–Kier alpha value is -3.16. The molecule has 1 saturated heterocycles. The van der Waals surface area contributed by atoms with Gasteiger partial charge < -0.3 is 14.6 Å². The molecule has 146 valence electrons. The molecule has 0 unspecified atom stereocenters. The Labute approximate surface area is 162 Å². The van der Waals surface area contributed by atoms with E-state index in [9.17, 15) is 9.59 Å². The number of nitrogens with one attached hydrogen (secondary N) is 1. The summed E-state index contributed by atoms with van der Waals surface area (Å²) in [6, 6.07) is 5.47. The summed E-state index contributed by atoms with van der Waals surface area (Å²) in [6.07, 6.45) is 6.16. The van der Waals surface area contributed by atoms with Gasteiger partial charge in [0.25, 0.3) is 5.91 Å². The summed E-state index contributed by atoms with van der Waals surface area (Å²) in [4.78, 5) is 31.1. The number of anilines is 1. The van der Waals surface area contributed by atoms with E-state index in [0.29, 0.717) is 37.4 Å². The molecule has 28 heavy (non-hydrogen) atoms. The number of amides is 2. The van der Waals surface area contributed by atoms with Crippen LogP contribution in [-0.2, 0) is 4.79 Å². The lowest BCUT2D eigenvalue weighted by molar-refractivity contribution is -0.121. The van der Waals surface area contributed by atoms with Gasteiger partial charge in [-0.3, -0.25) is 9.59 Å². The molecule has 4 heterocycles. The number of nitrogens with zero attached hydrogens (tertiary/aromatic N) is 4. The van der Waals surface area contributed by atoms with Gasteiger partial charge in [0.05, 0.1) is 24.3 Å². The fraction of sp³-hybridized carbons (Fsp3) is 0.400. The largest absolute Gasteiger partial charge is 0.459 e. The molecule has 8 nitrogen and oxygen atoms in total. The van der Waals surface area contributed by atoms with Gasteiger partial charge in [-0.1, -0.05) is 0 Å². The first kappa shape index (κ1) is 18.2. The van der Waals surface area contributed by atoms with E-state index in [0.717, 1.165) is 11.0 Å². The van der Waals surface area contributed by atoms with Gasteiger partial charge in [0.1, 0.15) is 0 Å². The standard InChI is InChI=1S/C20H23N5O3/c1-13(2)25-18-15(11-22-25)10-16(12-21-18)23-19(26)14-5-7-24(8-6-14)20(27)17-4-3-9-28-17/h3-4,9-14H,5-8H2,1-2H3,(H,23,26). The van der Waals surface area contributed by atoms with Crippen LogP contribution in [0.3, 0.4) is 0 Å². The minimum absolute atomic E-state index is 0.0394. The molecule has 1 N–H and O–H groups in total. The Kier molecular flexibility index (Phi) is 4.85. The van der Waals surface area contributed by atoms with Crippen LogP contribution in [0.25, 0.3) is 11.0 Å². The highest BCUT2D eigenvalue weighted by molar-refractivity contribution is 5.95. The van der Waals surface area contributed by atoms with E-state index >= 15 is 0 Å². The topological polar surface area (TPSA) is 93.3 Å². The van der Waals surface area contributed by atoms with Crippen molar-refractivity contribution in [2.24, 2.45) is 5.92 Å².